The summed E-state index contributed by atoms with van der Waals surface area (Å²) in [6.07, 6.45) is 7.46. The number of fused-ring (bicyclic) bond motifs is 1. The highest BCUT2D eigenvalue weighted by Gasteiger charge is 2.36. The van der Waals surface area contributed by atoms with E-state index in [1.807, 2.05) is 29.2 Å². The van der Waals surface area contributed by atoms with Crippen LogP contribution in [0.2, 0.25) is 0 Å². The third-order valence-corrected chi connectivity index (χ3v) is 7.20. The van der Waals surface area contributed by atoms with Gasteiger partial charge in [0, 0.05) is 30.1 Å². The Bertz CT molecular complexity index is 999. The highest BCUT2D eigenvalue weighted by Crippen LogP contribution is 2.35. The maximum absolute atomic E-state index is 13.5. The van der Waals surface area contributed by atoms with Crippen LogP contribution in [0.1, 0.15) is 29.3 Å². The topological polar surface area (TPSA) is 71.5 Å². The second-order valence-corrected chi connectivity index (χ2v) is 9.68. The first kappa shape index (κ1) is 24.6. The quantitative estimate of drug-likeness (QED) is 0.369. The number of ether oxygens (including phenoxy) is 3. The minimum absolute atomic E-state index is 0.0553. The molecule has 2 unspecified atom stereocenters. The molecule has 1 aliphatic heterocycles. The molecule has 8 heteroatoms. The van der Waals surface area contributed by atoms with E-state index >= 15 is 0 Å². The summed E-state index contributed by atoms with van der Waals surface area (Å²) in [7, 11) is 1.63. The fraction of sp³-hybridized carbons (Fsp3) is 0.500. The van der Waals surface area contributed by atoms with Crippen molar-refractivity contribution in [2.24, 2.45) is 0 Å². The van der Waals surface area contributed by atoms with Gasteiger partial charge in [-0.25, -0.2) is 0 Å². The van der Waals surface area contributed by atoms with E-state index in [0.29, 0.717) is 31.5 Å². The third kappa shape index (κ3) is 6.30. The molecule has 182 valence electrons. The van der Waals surface area contributed by atoms with E-state index < -0.39 is 6.10 Å². The van der Waals surface area contributed by atoms with Gasteiger partial charge < -0.3 is 24.2 Å². The molecular formula is C26H32N2O5S. The van der Waals surface area contributed by atoms with Gasteiger partial charge in [-0.3, -0.25) is 9.69 Å². The maximum Gasteiger partial charge on any atom is 0.237 e. The second kappa shape index (κ2) is 11.7. The number of amides is 1. The number of methoxy groups -OCH3 is 1. The Hall–Kier alpha value is -2.57. The lowest BCUT2D eigenvalue weighted by Crippen LogP contribution is -2.48. The van der Waals surface area contributed by atoms with Gasteiger partial charge in [0.05, 0.1) is 32.4 Å². The Kier molecular flexibility index (Phi) is 8.46. The first-order valence-electron chi connectivity index (χ1n) is 11.6. The van der Waals surface area contributed by atoms with E-state index in [9.17, 15) is 9.90 Å². The molecular weight excluding hydrogens is 452 g/mol. The van der Waals surface area contributed by atoms with Crippen LogP contribution in [0.5, 0.6) is 11.5 Å². The van der Waals surface area contributed by atoms with Gasteiger partial charge in [-0.1, -0.05) is 12.0 Å². The molecule has 2 aliphatic rings. The normalized spacial score (nSPS) is 18.3. The molecule has 2 heterocycles. The number of hydrogen-bond donors (Lipinski definition) is 1. The fourth-order valence-corrected chi connectivity index (χ4v) is 5.29. The highest BCUT2D eigenvalue weighted by molar-refractivity contribution is 7.10. The number of terminal acetylenes is 1. The second-order valence-electron chi connectivity index (χ2n) is 8.68. The molecule has 0 bridgehead atoms. The molecule has 1 fully saturated rings. The molecule has 1 saturated carbocycles. The predicted molar refractivity (Wildman–Crippen MR) is 131 cm³/mol. The average molecular weight is 485 g/mol. The van der Waals surface area contributed by atoms with Crippen LogP contribution in [0.15, 0.2) is 35.7 Å². The fourth-order valence-electron chi connectivity index (χ4n) is 4.36. The number of aliphatic hydroxyl groups excluding tert-OH is 1. The highest BCUT2D eigenvalue weighted by atomic mass is 32.1. The van der Waals surface area contributed by atoms with E-state index in [2.05, 4.69) is 22.3 Å². The average Bonchev–Trinajstić information content (AvgIpc) is 3.59. The zero-order chi connectivity index (χ0) is 23.9. The number of hydrogen-bond acceptors (Lipinski definition) is 7. The number of rotatable bonds is 12. The summed E-state index contributed by atoms with van der Waals surface area (Å²) in [4.78, 5) is 18.8. The van der Waals surface area contributed by atoms with Crippen molar-refractivity contribution in [1.82, 2.24) is 9.80 Å². The number of carbonyl (C=O) groups excluding carboxylic acids is 1. The summed E-state index contributed by atoms with van der Waals surface area (Å²) in [5, 5.41) is 12.4. The van der Waals surface area contributed by atoms with Crippen LogP contribution in [0, 0.1) is 12.3 Å². The predicted octanol–water partition coefficient (Wildman–Crippen LogP) is 2.74. The Morgan fingerprint density at radius 2 is 2.18 bits per heavy atom. The van der Waals surface area contributed by atoms with Crippen LogP contribution in [0.25, 0.3) is 0 Å². The Morgan fingerprint density at radius 1 is 1.35 bits per heavy atom. The molecule has 1 aromatic carbocycles. The number of carbonyl (C=O) groups is 1. The summed E-state index contributed by atoms with van der Waals surface area (Å²) >= 11 is 1.73. The number of aliphatic hydroxyl groups is 1. The summed E-state index contributed by atoms with van der Waals surface area (Å²) in [5.74, 6) is 3.90. The van der Waals surface area contributed by atoms with Crippen molar-refractivity contribution in [3.05, 3.63) is 46.2 Å². The molecule has 0 saturated heterocycles. The monoisotopic (exact) mass is 484 g/mol. The van der Waals surface area contributed by atoms with Gasteiger partial charge in [0.15, 0.2) is 0 Å². The zero-order valence-corrected chi connectivity index (χ0v) is 20.3. The van der Waals surface area contributed by atoms with Crippen molar-refractivity contribution in [2.45, 2.75) is 37.5 Å². The standard InChI is InChI=1S/C26H32N2O5S/c1-3-12-32-17-20(29)15-27(19-7-8-19)16-26(30)28-11-9-25-23(10-13-34-25)24(28)18-33-22-6-4-5-21(14-22)31-2/h1,4-6,10,13-14,19-20,24,29H,7-9,11-12,15-18H2,2H3. The van der Waals surface area contributed by atoms with Crippen LogP contribution in [0.4, 0.5) is 0 Å². The van der Waals surface area contributed by atoms with Gasteiger partial charge in [0.1, 0.15) is 24.7 Å². The van der Waals surface area contributed by atoms with Crippen molar-refractivity contribution in [1.29, 1.82) is 0 Å². The lowest BCUT2D eigenvalue weighted by Gasteiger charge is -2.37. The van der Waals surface area contributed by atoms with Crippen molar-refractivity contribution in [3.63, 3.8) is 0 Å². The maximum atomic E-state index is 13.5. The minimum atomic E-state index is -0.682. The molecule has 1 aliphatic carbocycles. The van der Waals surface area contributed by atoms with Crippen LogP contribution in [-0.4, -0.2) is 79.5 Å². The summed E-state index contributed by atoms with van der Waals surface area (Å²) in [5.41, 5.74) is 1.16. The van der Waals surface area contributed by atoms with Crippen LogP contribution < -0.4 is 9.47 Å². The molecule has 1 aromatic heterocycles. The van der Waals surface area contributed by atoms with E-state index in [1.165, 1.54) is 4.88 Å². The van der Waals surface area contributed by atoms with Gasteiger partial charge >= 0.3 is 0 Å². The molecule has 4 rings (SSSR count). The molecule has 1 N–H and O–H groups in total. The molecule has 0 radical (unpaired) electrons. The van der Waals surface area contributed by atoms with E-state index in [4.69, 9.17) is 20.6 Å². The van der Waals surface area contributed by atoms with E-state index in [1.54, 1.807) is 18.4 Å². The van der Waals surface area contributed by atoms with Gasteiger partial charge in [-0.05, 0) is 48.4 Å². The Balaban J connectivity index is 1.42. The lowest BCUT2D eigenvalue weighted by atomic mass is 10.0. The van der Waals surface area contributed by atoms with Gasteiger partial charge in [0.25, 0.3) is 0 Å². The molecule has 34 heavy (non-hydrogen) atoms. The van der Waals surface area contributed by atoms with Gasteiger partial charge in [-0.2, -0.15) is 0 Å². The Morgan fingerprint density at radius 3 is 2.94 bits per heavy atom. The number of nitrogens with zero attached hydrogens (tertiary/aromatic N) is 2. The van der Waals surface area contributed by atoms with Crippen molar-refractivity contribution >= 4 is 17.2 Å². The summed E-state index contributed by atoms with van der Waals surface area (Å²) in [6, 6.07) is 9.79. The zero-order valence-electron chi connectivity index (χ0n) is 19.5. The minimum Gasteiger partial charge on any atom is -0.497 e. The molecule has 7 nitrogen and oxygen atoms in total. The largest absolute Gasteiger partial charge is 0.497 e. The molecule has 2 atom stereocenters. The third-order valence-electron chi connectivity index (χ3n) is 6.21. The first-order valence-corrected chi connectivity index (χ1v) is 12.5. The summed E-state index contributed by atoms with van der Waals surface area (Å²) < 4.78 is 16.7. The van der Waals surface area contributed by atoms with Crippen LogP contribution in [0.3, 0.4) is 0 Å². The van der Waals surface area contributed by atoms with E-state index in [-0.39, 0.29) is 31.7 Å². The first-order chi connectivity index (χ1) is 16.6. The van der Waals surface area contributed by atoms with Crippen LogP contribution >= 0.6 is 11.3 Å². The Labute approximate surface area is 205 Å². The van der Waals surface area contributed by atoms with Crippen molar-refractivity contribution in [2.75, 3.05) is 46.6 Å². The molecule has 0 spiro atoms. The molecule has 1 amide bonds. The van der Waals surface area contributed by atoms with Crippen molar-refractivity contribution < 1.29 is 24.1 Å². The summed E-state index contributed by atoms with van der Waals surface area (Å²) in [6.45, 7) is 2.03. The lowest BCUT2D eigenvalue weighted by molar-refractivity contribution is -0.136. The van der Waals surface area contributed by atoms with E-state index in [0.717, 1.165) is 30.6 Å². The van der Waals surface area contributed by atoms with Crippen molar-refractivity contribution in [3.8, 4) is 23.8 Å². The van der Waals surface area contributed by atoms with Crippen LogP contribution in [-0.2, 0) is 16.0 Å². The molecule has 2 aromatic rings. The van der Waals surface area contributed by atoms with Gasteiger partial charge in [-0.15, -0.1) is 17.8 Å². The SMILES string of the molecule is C#CCOCC(O)CN(CC(=O)N1CCc2sccc2C1COc1cccc(OC)c1)C1CC1. The number of benzene rings is 1. The van der Waals surface area contributed by atoms with Gasteiger partial charge in [0.2, 0.25) is 5.91 Å². The smallest absolute Gasteiger partial charge is 0.237 e. The number of thiophene rings is 1.